The molecule has 8 heteroatoms. The summed E-state index contributed by atoms with van der Waals surface area (Å²) in [5.74, 6) is -0.0349. The average Bonchev–Trinajstić information content (AvgIpc) is 3.25. The molecule has 0 radical (unpaired) electrons. The highest BCUT2D eigenvalue weighted by molar-refractivity contribution is 7.22. The highest BCUT2D eigenvalue weighted by Crippen LogP contribution is 2.33. The molecule has 3 aromatic heterocycles. The predicted molar refractivity (Wildman–Crippen MR) is 91.3 cm³/mol. The van der Waals surface area contributed by atoms with E-state index in [-0.39, 0.29) is 0 Å². The van der Waals surface area contributed by atoms with Gasteiger partial charge in [-0.3, -0.25) is 4.68 Å². The van der Waals surface area contributed by atoms with Crippen LogP contribution in [0.5, 0.6) is 0 Å². The van der Waals surface area contributed by atoms with Gasteiger partial charge in [-0.1, -0.05) is 23.4 Å². The van der Waals surface area contributed by atoms with Crippen LogP contribution in [0.3, 0.4) is 0 Å². The first kappa shape index (κ1) is 14.7. The first-order valence-electron chi connectivity index (χ1n) is 7.39. The molecule has 3 heterocycles. The molecular weight excluding hydrogens is 327 g/mol. The van der Waals surface area contributed by atoms with Crippen LogP contribution >= 0.6 is 11.3 Å². The molecule has 6 nitrogen and oxygen atoms in total. The molecule has 0 fully saturated rings. The second-order valence-electron chi connectivity index (χ2n) is 5.13. The van der Waals surface area contributed by atoms with Crippen molar-refractivity contribution < 1.29 is 4.39 Å². The van der Waals surface area contributed by atoms with Crippen LogP contribution in [-0.4, -0.2) is 31.5 Å². The van der Waals surface area contributed by atoms with Crippen molar-refractivity contribution in [3.05, 3.63) is 54.7 Å². The molecule has 0 saturated carbocycles. The quantitative estimate of drug-likeness (QED) is 0.604. The summed E-state index contributed by atoms with van der Waals surface area (Å²) in [5.41, 5.74) is 0.314. The standard InChI is InChI=1S/C16H13FN6S/c17-12-10-19-16(18-5-7-23-8-6-20-22-23)21-15(12)14-9-11-3-1-2-4-13(11)24-14/h1-4,6,8-10H,5,7H2,(H,18,19,21). The van der Waals surface area contributed by atoms with E-state index < -0.39 is 5.82 Å². The summed E-state index contributed by atoms with van der Waals surface area (Å²) in [5, 5.41) is 11.8. The van der Waals surface area contributed by atoms with Crippen LogP contribution in [0.4, 0.5) is 10.3 Å². The van der Waals surface area contributed by atoms with E-state index >= 15 is 0 Å². The lowest BCUT2D eigenvalue weighted by atomic mass is 10.2. The summed E-state index contributed by atoms with van der Waals surface area (Å²) in [7, 11) is 0. The molecule has 0 saturated heterocycles. The molecule has 1 aromatic carbocycles. The van der Waals surface area contributed by atoms with Crippen molar-refractivity contribution >= 4 is 27.4 Å². The maximum atomic E-state index is 14.2. The van der Waals surface area contributed by atoms with Crippen molar-refractivity contribution in [1.82, 2.24) is 25.0 Å². The van der Waals surface area contributed by atoms with E-state index in [4.69, 9.17) is 0 Å². The summed E-state index contributed by atoms with van der Waals surface area (Å²) in [4.78, 5) is 9.11. The summed E-state index contributed by atoms with van der Waals surface area (Å²) in [6.45, 7) is 1.19. The third-order valence-corrected chi connectivity index (χ3v) is 4.62. The van der Waals surface area contributed by atoms with E-state index in [1.165, 1.54) is 17.5 Å². The minimum atomic E-state index is -0.427. The highest BCUT2D eigenvalue weighted by atomic mass is 32.1. The largest absolute Gasteiger partial charge is 0.352 e. The molecule has 0 atom stereocenters. The molecule has 4 aromatic rings. The maximum Gasteiger partial charge on any atom is 0.223 e. The van der Waals surface area contributed by atoms with Crippen LogP contribution in [0.25, 0.3) is 20.7 Å². The fourth-order valence-electron chi connectivity index (χ4n) is 2.36. The molecule has 0 aliphatic heterocycles. The predicted octanol–water partition coefficient (Wildman–Crippen LogP) is 3.20. The minimum Gasteiger partial charge on any atom is -0.352 e. The Morgan fingerprint density at radius 1 is 1.25 bits per heavy atom. The van der Waals surface area contributed by atoms with Gasteiger partial charge >= 0.3 is 0 Å². The fraction of sp³-hybridized carbons (Fsp3) is 0.125. The molecule has 0 aliphatic rings. The first-order chi connectivity index (χ1) is 11.8. The smallest absolute Gasteiger partial charge is 0.223 e. The molecule has 0 amide bonds. The zero-order chi connectivity index (χ0) is 16.4. The third kappa shape index (κ3) is 2.95. The van der Waals surface area contributed by atoms with Gasteiger partial charge in [-0.05, 0) is 17.5 Å². The normalized spacial score (nSPS) is 11.0. The molecule has 0 spiro atoms. The topological polar surface area (TPSA) is 68.5 Å². The number of aromatic nitrogens is 5. The second kappa shape index (κ2) is 6.32. The van der Waals surface area contributed by atoms with E-state index in [1.54, 1.807) is 17.1 Å². The van der Waals surface area contributed by atoms with Crippen LogP contribution < -0.4 is 5.32 Å². The number of rotatable bonds is 5. The number of hydrogen-bond donors (Lipinski definition) is 1. The van der Waals surface area contributed by atoms with Crippen LogP contribution in [0, 0.1) is 5.82 Å². The van der Waals surface area contributed by atoms with Crippen molar-refractivity contribution in [1.29, 1.82) is 0 Å². The number of anilines is 1. The number of fused-ring (bicyclic) bond motifs is 1. The van der Waals surface area contributed by atoms with Crippen LogP contribution in [0.1, 0.15) is 0 Å². The van der Waals surface area contributed by atoms with Gasteiger partial charge in [0.15, 0.2) is 5.82 Å². The first-order valence-corrected chi connectivity index (χ1v) is 8.21. The molecule has 0 aliphatic carbocycles. The Bertz CT molecular complexity index is 933. The lowest BCUT2D eigenvalue weighted by Crippen LogP contribution is -2.13. The van der Waals surface area contributed by atoms with Gasteiger partial charge in [-0.15, -0.1) is 16.4 Å². The van der Waals surface area contributed by atoms with Crippen molar-refractivity contribution in [3.63, 3.8) is 0 Å². The molecule has 120 valence electrons. The summed E-state index contributed by atoms with van der Waals surface area (Å²) < 4.78 is 17.0. The Morgan fingerprint density at radius 2 is 2.17 bits per heavy atom. The number of hydrogen-bond acceptors (Lipinski definition) is 6. The van der Waals surface area contributed by atoms with Gasteiger partial charge in [-0.2, -0.15) is 0 Å². The van der Waals surface area contributed by atoms with Gasteiger partial charge in [-0.25, -0.2) is 14.4 Å². The van der Waals surface area contributed by atoms with Crippen molar-refractivity contribution in [2.24, 2.45) is 0 Å². The lowest BCUT2D eigenvalue weighted by Gasteiger charge is -2.06. The fourth-order valence-corrected chi connectivity index (χ4v) is 3.41. The van der Waals surface area contributed by atoms with E-state index in [1.807, 2.05) is 30.3 Å². The van der Waals surface area contributed by atoms with Crippen LogP contribution in [0.15, 0.2) is 48.9 Å². The van der Waals surface area contributed by atoms with Gasteiger partial charge in [0.1, 0.15) is 5.69 Å². The lowest BCUT2D eigenvalue weighted by molar-refractivity contribution is 0.604. The van der Waals surface area contributed by atoms with Gasteiger partial charge in [0.05, 0.1) is 23.8 Å². The average molecular weight is 340 g/mol. The molecule has 0 unspecified atom stereocenters. The Morgan fingerprint density at radius 3 is 3.00 bits per heavy atom. The van der Waals surface area contributed by atoms with Gasteiger partial charge in [0.25, 0.3) is 0 Å². The zero-order valence-corrected chi connectivity index (χ0v) is 13.4. The zero-order valence-electron chi connectivity index (χ0n) is 12.6. The Hall–Kier alpha value is -2.87. The van der Waals surface area contributed by atoms with E-state index in [9.17, 15) is 4.39 Å². The number of benzene rings is 1. The van der Waals surface area contributed by atoms with Crippen LogP contribution in [0.2, 0.25) is 0 Å². The molecule has 4 rings (SSSR count). The molecule has 24 heavy (non-hydrogen) atoms. The number of thiophene rings is 1. The molecule has 0 bridgehead atoms. The molecule has 1 N–H and O–H groups in total. The van der Waals surface area contributed by atoms with Crippen LogP contribution in [-0.2, 0) is 6.54 Å². The maximum absolute atomic E-state index is 14.2. The SMILES string of the molecule is Fc1cnc(NCCn2ccnn2)nc1-c1cc2ccccc2s1. The van der Waals surface area contributed by atoms with E-state index in [0.717, 1.165) is 15.0 Å². The third-order valence-electron chi connectivity index (χ3n) is 3.50. The molecular formula is C16H13FN6S. The second-order valence-corrected chi connectivity index (χ2v) is 6.22. The van der Waals surface area contributed by atoms with Gasteiger partial charge < -0.3 is 5.32 Å². The van der Waals surface area contributed by atoms with Crippen molar-refractivity contribution in [2.75, 3.05) is 11.9 Å². The Balaban J connectivity index is 1.56. The van der Waals surface area contributed by atoms with Gasteiger partial charge in [0.2, 0.25) is 5.95 Å². The van der Waals surface area contributed by atoms with Gasteiger partial charge in [0, 0.05) is 17.4 Å². The monoisotopic (exact) mass is 340 g/mol. The Kier molecular flexibility index (Phi) is 3.87. The summed E-state index contributed by atoms with van der Waals surface area (Å²) in [6, 6.07) is 9.90. The minimum absolute atomic E-state index is 0.314. The number of nitrogens with zero attached hydrogens (tertiary/aromatic N) is 5. The summed E-state index contributed by atoms with van der Waals surface area (Å²) in [6.07, 6.45) is 4.59. The van der Waals surface area contributed by atoms with Crippen molar-refractivity contribution in [2.45, 2.75) is 6.54 Å². The highest BCUT2D eigenvalue weighted by Gasteiger charge is 2.12. The van der Waals surface area contributed by atoms with E-state index in [0.29, 0.717) is 24.7 Å². The summed E-state index contributed by atoms with van der Waals surface area (Å²) >= 11 is 1.51. The van der Waals surface area contributed by atoms with E-state index in [2.05, 4.69) is 25.6 Å². The Labute approximate surface area is 141 Å². The van der Waals surface area contributed by atoms with Crippen molar-refractivity contribution in [3.8, 4) is 10.6 Å². The number of halogens is 1. The number of nitrogens with one attached hydrogen (secondary N) is 1.